The van der Waals surface area contributed by atoms with Gasteiger partial charge < -0.3 is 14.4 Å². The van der Waals surface area contributed by atoms with Gasteiger partial charge in [0.25, 0.3) is 0 Å². The summed E-state index contributed by atoms with van der Waals surface area (Å²) in [6, 6.07) is 11.7. The number of benzene rings is 2. The fourth-order valence-electron chi connectivity index (χ4n) is 4.69. The van der Waals surface area contributed by atoms with Gasteiger partial charge in [-0.15, -0.1) is 0 Å². The molecule has 1 heterocycles. The van der Waals surface area contributed by atoms with E-state index in [0.29, 0.717) is 16.7 Å². The van der Waals surface area contributed by atoms with E-state index in [2.05, 4.69) is 9.80 Å². The molecule has 6 nitrogen and oxygen atoms in total. The Hall–Kier alpha value is -2.25. The maximum absolute atomic E-state index is 12.0. The van der Waals surface area contributed by atoms with Crippen LogP contribution in [-0.4, -0.2) is 64.0 Å². The summed E-state index contributed by atoms with van der Waals surface area (Å²) in [5.74, 6) is 0.892. The zero-order chi connectivity index (χ0) is 26.8. The lowest BCUT2D eigenvalue weighted by atomic mass is 10.1. The summed E-state index contributed by atoms with van der Waals surface area (Å²) in [5, 5.41) is 1.23. The molecule has 8 heteroatoms. The SMILES string of the molecule is C/C=C\c1ccc(OCCCCN2CCN(c3cccc(Cl)c3Cl)CC2)cc1N(C=O)C(OC)C(C)C. The molecule has 0 aromatic heterocycles. The molecular formula is C29H39Cl2N3O3. The van der Waals surface area contributed by atoms with Crippen LogP contribution in [0.5, 0.6) is 5.75 Å². The molecule has 2 aromatic carbocycles. The zero-order valence-electron chi connectivity index (χ0n) is 22.3. The van der Waals surface area contributed by atoms with Crippen LogP contribution in [0.15, 0.2) is 42.5 Å². The summed E-state index contributed by atoms with van der Waals surface area (Å²) in [6.07, 6.45) is 6.44. The van der Waals surface area contributed by atoms with Gasteiger partial charge in [0.15, 0.2) is 0 Å². The molecule has 1 atom stereocenters. The molecule has 1 saturated heterocycles. The summed E-state index contributed by atoms with van der Waals surface area (Å²) in [6.45, 7) is 11.6. The number of ether oxygens (including phenoxy) is 2. The molecule has 0 aliphatic carbocycles. The summed E-state index contributed by atoms with van der Waals surface area (Å²) < 4.78 is 11.7. The number of nitrogens with zero attached hydrogens (tertiary/aromatic N) is 3. The van der Waals surface area contributed by atoms with Crippen molar-refractivity contribution in [3.05, 3.63) is 58.1 Å². The molecule has 0 radical (unpaired) electrons. The van der Waals surface area contributed by atoms with Crippen LogP contribution in [-0.2, 0) is 9.53 Å². The number of anilines is 2. The van der Waals surface area contributed by atoms with Crippen LogP contribution in [0.3, 0.4) is 0 Å². The van der Waals surface area contributed by atoms with Gasteiger partial charge in [-0.05, 0) is 62.1 Å². The Kier molecular flexibility index (Phi) is 11.6. The Labute approximate surface area is 231 Å². The number of carbonyl (C=O) groups excluding carboxylic acids is 1. The van der Waals surface area contributed by atoms with Gasteiger partial charge in [0.05, 0.1) is 28.0 Å². The average Bonchev–Trinajstić information content (AvgIpc) is 2.90. The van der Waals surface area contributed by atoms with E-state index < -0.39 is 0 Å². The lowest BCUT2D eigenvalue weighted by Crippen LogP contribution is -2.46. The second-order valence-corrected chi connectivity index (χ2v) is 10.3. The highest BCUT2D eigenvalue weighted by Gasteiger charge is 2.24. The van der Waals surface area contributed by atoms with Gasteiger partial charge in [0.1, 0.15) is 12.0 Å². The molecule has 0 N–H and O–H groups in total. The number of piperazine rings is 1. The number of amides is 1. The fourth-order valence-corrected chi connectivity index (χ4v) is 5.11. The van der Waals surface area contributed by atoms with E-state index in [4.69, 9.17) is 32.7 Å². The van der Waals surface area contributed by atoms with Crippen LogP contribution in [0.1, 0.15) is 39.2 Å². The van der Waals surface area contributed by atoms with Crippen LogP contribution in [0.4, 0.5) is 11.4 Å². The van der Waals surface area contributed by atoms with Crippen molar-refractivity contribution in [1.29, 1.82) is 0 Å². The highest BCUT2D eigenvalue weighted by molar-refractivity contribution is 6.43. The van der Waals surface area contributed by atoms with Crippen LogP contribution in [0, 0.1) is 5.92 Å². The van der Waals surface area contributed by atoms with Crippen LogP contribution in [0.2, 0.25) is 10.0 Å². The van der Waals surface area contributed by atoms with Crippen LogP contribution in [0.25, 0.3) is 6.08 Å². The minimum absolute atomic E-state index is 0.141. The minimum atomic E-state index is -0.355. The van der Waals surface area contributed by atoms with E-state index in [1.807, 2.05) is 69.3 Å². The second-order valence-electron chi connectivity index (χ2n) is 9.56. The van der Waals surface area contributed by atoms with Crippen molar-refractivity contribution in [3.63, 3.8) is 0 Å². The van der Waals surface area contributed by atoms with Crippen molar-refractivity contribution in [2.45, 2.75) is 39.8 Å². The van der Waals surface area contributed by atoms with Crippen molar-refractivity contribution in [2.24, 2.45) is 5.92 Å². The third kappa shape index (κ3) is 7.87. The van der Waals surface area contributed by atoms with Gasteiger partial charge >= 0.3 is 0 Å². The van der Waals surface area contributed by atoms with Crippen molar-refractivity contribution in [2.75, 3.05) is 56.2 Å². The van der Waals surface area contributed by atoms with Crippen LogP contribution >= 0.6 is 23.2 Å². The molecule has 0 saturated carbocycles. The third-order valence-corrected chi connectivity index (χ3v) is 7.42. The maximum atomic E-state index is 12.0. The Balaban J connectivity index is 1.49. The average molecular weight is 549 g/mol. The van der Waals surface area contributed by atoms with Crippen molar-refractivity contribution in [3.8, 4) is 5.75 Å². The smallest absolute Gasteiger partial charge is 0.216 e. The van der Waals surface area contributed by atoms with E-state index in [1.54, 1.807) is 12.0 Å². The molecule has 1 amide bonds. The van der Waals surface area contributed by atoms with Gasteiger partial charge in [-0.25, -0.2) is 0 Å². The number of unbranched alkanes of at least 4 members (excludes halogenated alkanes) is 1. The van der Waals surface area contributed by atoms with E-state index in [9.17, 15) is 4.79 Å². The van der Waals surface area contributed by atoms with Gasteiger partial charge in [0.2, 0.25) is 6.41 Å². The first-order valence-electron chi connectivity index (χ1n) is 13.0. The Morgan fingerprint density at radius 1 is 1.08 bits per heavy atom. The topological polar surface area (TPSA) is 45.2 Å². The van der Waals surface area contributed by atoms with Gasteiger partial charge in [-0.1, -0.05) is 55.3 Å². The molecule has 2 aromatic rings. The number of allylic oxidation sites excluding steroid dienone is 1. The molecule has 0 spiro atoms. The van der Waals surface area contributed by atoms with E-state index >= 15 is 0 Å². The number of halogens is 2. The van der Waals surface area contributed by atoms with Gasteiger partial charge in [-0.3, -0.25) is 14.6 Å². The number of carbonyl (C=O) groups is 1. The van der Waals surface area contributed by atoms with Gasteiger partial charge in [0, 0.05) is 39.4 Å². The van der Waals surface area contributed by atoms with E-state index in [1.165, 1.54) is 0 Å². The monoisotopic (exact) mass is 547 g/mol. The molecule has 202 valence electrons. The summed E-state index contributed by atoms with van der Waals surface area (Å²) in [7, 11) is 1.63. The van der Waals surface area contributed by atoms with E-state index in [0.717, 1.165) is 74.7 Å². The maximum Gasteiger partial charge on any atom is 0.216 e. The molecule has 1 aliphatic heterocycles. The highest BCUT2D eigenvalue weighted by Crippen LogP contribution is 2.33. The summed E-state index contributed by atoms with van der Waals surface area (Å²) >= 11 is 12.6. The Bertz CT molecular complexity index is 1040. The number of rotatable bonds is 13. The largest absolute Gasteiger partial charge is 0.494 e. The molecule has 37 heavy (non-hydrogen) atoms. The summed E-state index contributed by atoms with van der Waals surface area (Å²) in [4.78, 5) is 18.5. The third-order valence-electron chi connectivity index (χ3n) is 6.61. The predicted octanol–water partition coefficient (Wildman–Crippen LogP) is 6.60. The Morgan fingerprint density at radius 2 is 1.84 bits per heavy atom. The first-order chi connectivity index (χ1) is 17.9. The first-order valence-corrected chi connectivity index (χ1v) is 13.7. The highest BCUT2D eigenvalue weighted by atomic mass is 35.5. The fraction of sp³-hybridized carbons (Fsp3) is 0.483. The van der Waals surface area contributed by atoms with Crippen molar-refractivity contribution < 1.29 is 14.3 Å². The molecule has 1 fully saturated rings. The van der Waals surface area contributed by atoms with Gasteiger partial charge in [-0.2, -0.15) is 0 Å². The molecule has 0 bridgehead atoms. The molecule has 1 aliphatic rings. The standard InChI is InChI=1S/C29H39Cl2N3O3/c1-5-9-23-12-13-24(20-27(23)34(21-35)29(36-4)22(2)3)37-19-7-6-14-32-15-17-33(18-16-32)26-11-8-10-25(30)28(26)31/h5,8-13,20-22,29H,6-7,14-19H2,1-4H3/b9-5-. The molecule has 3 rings (SSSR count). The second kappa shape index (κ2) is 14.6. The number of hydrogen-bond donors (Lipinski definition) is 0. The quantitative estimate of drug-likeness (QED) is 0.160. The Morgan fingerprint density at radius 3 is 2.49 bits per heavy atom. The molecule has 1 unspecified atom stereocenters. The predicted molar refractivity (Wildman–Crippen MR) is 155 cm³/mol. The van der Waals surface area contributed by atoms with E-state index in [-0.39, 0.29) is 12.1 Å². The van der Waals surface area contributed by atoms with Crippen molar-refractivity contribution in [1.82, 2.24) is 4.90 Å². The first kappa shape index (κ1) is 29.3. The summed E-state index contributed by atoms with van der Waals surface area (Å²) in [5.41, 5.74) is 2.74. The normalized spacial score (nSPS) is 15.4. The minimum Gasteiger partial charge on any atom is -0.494 e. The van der Waals surface area contributed by atoms with Crippen LogP contribution < -0.4 is 14.5 Å². The number of methoxy groups -OCH3 is 1. The molecular weight excluding hydrogens is 509 g/mol. The lowest BCUT2D eigenvalue weighted by molar-refractivity contribution is -0.110. The zero-order valence-corrected chi connectivity index (χ0v) is 23.8. The lowest BCUT2D eigenvalue weighted by Gasteiger charge is -2.36. The number of hydrogen-bond acceptors (Lipinski definition) is 5. The van der Waals surface area contributed by atoms with Crippen molar-refractivity contribution >= 4 is 47.1 Å².